The second-order valence-electron chi connectivity index (χ2n) is 4.96. The van der Waals surface area contributed by atoms with Crippen LogP contribution in [0.3, 0.4) is 0 Å². The third-order valence-electron chi connectivity index (χ3n) is 3.33. The Bertz CT molecular complexity index is 810. The van der Waals surface area contributed by atoms with E-state index in [1.807, 2.05) is 12.1 Å². The Kier molecular flexibility index (Phi) is 3.48. The van der Waals surface area contributed by atoms with E-state index < -0.39 is 0 Å². The molecule has 0 spiro atoms. The molecule has 0 bridgehead atoms. The number of pyridine rings is 1. The lowest BCUT2D eigenvalue weighted by molar-refractivity contribution is -0.117. The van der Waals surface area contributed by atoms with Crippen molar-refractivity contribution in [2.45, 2.75) is 19.9 Å². The van der Waals surface area contributed by atoms with E-state index in [1.165, 1.54) is 12.1 Å². The Morgan fingerprint density at radius 1 is 1.24 bits per heavy atom. The minimum atomic E-state index is -0.280. The van der Waals surface area contributed by atoms with E-state index in [2.05, 4.69) is 10.1 Å². The first-order chi connectivity index (χ1) is 10.1. The molecule has 4 nitrogen and oxygen atoms in total. The molecule has 0 saturated heterocycles. The first-order valence-electron chi connectivity index (χ1n) is 6.70. The summed E-state index contributed by atoms with van der Waals surface area (Å²) < 4.78 is 15.1. The number of fused-ring (bicyclic) bond motifs is 1. The fraction of sp³-hybridized carbons (Fsp3) is 0.188. The van der Waals surface area contributed by atoms with Crippen LogP contribution in [-0.2, 0) is 11.3 Å². The van der Waals surface area contributed by atoms with Crippen LogP contribution in [0.5, 0.6) is 0 Å². The molecule has 106 valence electrons. The van der Waals surface area contributed by atoms with Crippen LogP contribution in [0.15, 0.2) is 42.7 Å². The molecule has 2 aromatic heterocycles. The molecule has 0 N–H and O–H groups in total. The molecule has 0 aliphatic heterocycles. The number of aromatic nitrogens is 3. The number of rotatable bonds is 4. The van der Waals surface area contributed by atoms with Crippen LogP contribution in [0.2, 0.25) is 0 Å². The van der Waals surface area contributed by atoms with Crippen molar-refractivity contribution in [1.29, 1.82) is 0 Å². The smallest absolute Gasteiger partial charge is 0.131 e. The summed E-state index contributed by atoms with van der Waals surface area (Å²) in [6.07, 6.45) is 3.81. The van der Waals surface area contributed by atoms with E-state index in [9.17, 15) is 9.18 Å². The van der Waals surface area contributed by atoms with Gasteiger partial charge in [0.05, 0.1) is 11.7 Å². The molecular weight excluding hydrogens is 269 g/mol. The lowest BCUT2D eigenvalue weighted by atomic mass is 10.1. The van der Waals surface area contributed by atoms with Crippen molar-refractivity contribution >= 4 is 16.8 Å². The van der Waals surface area contributed by atoms with Crippen LogP contribution in [0.4, 0.5) is 4.39 Å². The molecule has 0 aliphatic rings. The number of Topliss-reactive ketones (excluding diaryl/α,β-unsaturated/α-hetero) is 1. The molecule has 0 aliphatic carbocycles. The summed E-state index contributed by atoms with van der Waals surface area (Å²) in [4.78, 5) is 15.4. The number of hydrogen-bond donors (Lipinski definition) is 0. The molecule has 21 heavy (non-hydrogen) atoms. The van der Waals surface area contributed by atoms with Crippen molar-refractivity contribution in [3.63, 3.8) is 0 Å². The zero-order valence-corrected chi connectivity index (χ0v) is 11.6. The summed E-state index contributed by atoms with van der Waals surface area (Å²) in [5.74, 6) is -0.162. The average Bonchev–Trinajstić information content (AvgIpc) is 2.87. The first-order valence-corrected chi connectivity index (χ1v) is 6.70. The zero-order chi connectivity index (χ0) is 14.8. The minimum Gasteiger partial charge on any atom is -0.300 e. The molecule has 0 unspecified atom stereocenters. The number of ketones is 1. The van der Waals surface area contributed by atoms with Gasteiger partial charge < -0.3 is 0 Å². The Morgan fingerprint density at radius 3 is 2.86 bits per heavy atom. The van der Waals surface area contributed by atoms with Crippen LogP contribution >= 0.6 is 0 Å². The first kappa shape index (κ1) is 13.4. The summed E-state index contributed by atoms with van der Waals surface area (Å²) in [6.45, 7) is 2.08. The Morgan fingerprint density at radius 2 is 2.10 bits per heavy atom. The van der Waals surface area contributed by atoms with Gasteiger partial charge in [0.1, 0.15) is 17.1 Å². The van der Waals surface area contributed by atoms with E-state index in [0.717, 1.165) is 22.2 Å². The highest BCUT2D eigenvalue weighted by molar-refractivity contribution is 5.80. The van der Waals surface area contributed by atoms with Gasteiger partial charge in [0.25, 0.3) is 0 Å². The summed E-state index contributed by atoms with van der Waals surface area (Å²) in [7, 11) is 0. The highest BCUT2D eigenvalue weighted by Crippen LogP contribution is 2.23. The largest absolute Gasteiger partial charge is 0.300 e. The molecule has 0 fully saturated rings. The van der Waals surface area contributed by atoms with Gasteiger partial charge in [-0.15, -0.1) is 0 Å². The van der Waals surface area contributed by atoms with E-state index in [4.69, 9.17) is 0 Å². The fourth-order valence-electron chi connectivity index (χ4n) is 2.22. The fourth-order valence-corrected chi connectivity index (χ4v) is 2.22. The monoisotopic (exact) mass is 283 g/mol. The Hall–Kier alpha value is -2.56. The molecule has 0 radical (unpaired) electrons. The predicted molar refractivity (Wildman–Crippen MR) is 78.2 cm³/mol. The standard InChI is InChI=1S/C16H14FN3O/c1-11(21)5-6-20-16-8-13(9-18-15(16)10-19-20)12-3-2-4-14(17)7-12/h2-4,7-10H,5-6H2,1H3. The summed E-state index contributed by atoms with van der Waals surface area (Å²) in [6, 6.07) is 8.31. The van der Waals surface area contributed by atoms with E-state index in [1.54, 1.807) is 30.1 Å². The predicted octanol–water partition coefficient (Wildman–Crippen LogP) is 3.22. The molecule has 2 heterocycles. The van der Waals surface area contributed by atoms with Crippen LogP contribution < -0.4 is 0 Å². The number of halogens is 1. The molecule has 0 atom stereocenters. The Labute approximate surface area is 121 Å². The maximum atomic E-state index is 13.3. The van der Waals surface area contributed by atoms with Gasteiger partial charge in [0.2, 0.25) is 0 Å². The van der Waals surface area contributed by atoms with Gasteiger partial charge in [-0.2, -0.15) is 5.10 Å². The van der Waals surface area contributed by atoms with Crippen LogP contribution in [-0.4, -0.2) is 20.5 Å². The van der Waals surface area contributed by atoms with Gasteiger partial charge in [-0.25, -0.2) is 4.39 Å². The van der Waals surface area contributed by atoms with Crippen LogP contribution in [0, 0.1) is 5.82 Å². The normalized spacial score (nSPS) is 11.0. The van der Waals surface area contributed by atoms with E-state index in [-0.39, 0.29) is 11.6 Å². The van der Waals surface area contributed by atoms with E-state index >= 15 is 0 Å². The topological polar surface area (TPSA) is 47.8 Å². The second kappa shape index (κ2) is 5.44. The minimum absolute atomic E-state index is 0.118. The second-order valence-corrected chi connectivity index (χ2v) is 4.96. The molecular formula is C16H14FN3O. The third kappa shape index (κ3) is 2.81. The number of nitrogens with zero attached hydrogens (tertiary/aromatic N) is 3. The molecule has 1 aromatic carbocycles. The SMILES string of the molecule is CC(=O)CCn1ncc2ncc(-c3cccc(F)c3)cc21. The number of carbonyl (C=O) groups excluding carboxylic acids is 1. The molecule has 3 rings (SSSR count). The van der Waals surface area contributed by atoms with Crippen molar-refractivity contribution in [3.8, 4) is 11.1 Å². The summed E-state index contributed by atoms with van der Waals surface area (Å²) >= 11 is 0. The summed E-state index contributed by atoms with van der Waals surface area (Å²) in [5.41, 5.74) is 3.20. The average molecular weight is 283 g/mol. The van der Waals surface area contributed by atoms with Gasteiger partial charge in [-0.05, 0) is 30.7 Å². The van der Waals surface area contributed by atoms with E-state index in [0.29, 0.717) is 13.0 Å². The number of benzene rings is 1. The molecule has 0 saturated carbocycles. The van der Waals surface area contributed by atoms with Gasteiger partial charge in [0, 0.05) is 24.7 Å². The van der Waals surface area contributed by atoms with Gasteiger partial charge >= 0.3 is 0 Å². The number of aryl methyl sites for hydroxylation is 1. The third-order valence-corrected chi connectivity index (χ3v) is 3.33. The highest BCUT2D eigenvalue weighted by Gasteiger charge is 2.07. The van der Waals surface area contributed by atoms with Crippen LogP contribution in [0.1, 0.15) is 13.3 Å². The number of hydrogen-bond acceptors (Lipinski definition) is 3. The van der Waals surface area contributed by atoms with Crippen LogP contribution in [0.25, 0.3) is 22.2 Å². The van der Waals surface area contributed by atoms with Crippen molar-refractivity contribution in [2.24, 2.45) is 0 Å². The van der Waals surface area contributed by atoms with Crippen molar-refractivity contribution < 1.29 is 9.18 Å². The van der Waals surface area contributed by atoms with Gasteiger partial charge in [0.15, 0.2) is 0 Å². The van der Waals surface area contributed by atoms with Crippen molar-refractivity contribution in [2.75, 3.05) is 0 Å². The Balaban J connectivity index is 2.02. The van der Waals surface area contributed by atoms with Crippen molar-refractivity contribution in [1.82, 2.24) is 14.8 Å². The van der Waals surface area contributed by atoms with Crippen molar-refractivity contribution in [3.05, 3.63) is 48.5 Å². The number of carbonyl (C=O) groups is 1. The lowest BCUT2D eigenvalue weighted by Crippen LogP contribution is -2.04. The maximum absolute atomic E-state index is 13.3. The zero-order valence-electron chi connectivity index (χ0n) is 11.6. The van der Waals surface area contributed by atoms with Gasteiger partial charge in [-0.1, -0.05) is 12.1 Å². The molecule has 3 aromatic rings. The summed E-state index contributed by atoms with van der Waals surface area (Å²) in [5, 5.41) is 4.25. The quantitative estimate of drug-likeness (QED) is 0.738. The highest BCUT2D eigenvalue weighted by atomic mass is 19.1. The van der Waals surface area contributed by atoms with Gasteiger partial charge in [-0.3, -0.25) is 14.5 Å². The molecule has 5 heteroatoms. The molecule has 0 amide bonds. The lowest BCUT2D eigenvalue weighted by Gasteiger charge is -2.04. The maximum Gasteiger partial charge on any atom is 0.131 e.